The lowest BCUT2D eigenvalue weighted by atomic mass is 10.2. The second-order valence-electron chi connectivity index (χ2n) is 5.00. The molecule has 0 spiro atoms. The van der Waals surface area contributed by atoms with Crippen LogP contribution in [0.5, 0.6) is 0 Å². The number of aromatic nitrogens is 2. The lowest BCUT2D eigenvalue weighted by Crippen LogP contribution is -2.12. The second kappa shape index (κ2) is 6.58. The Morgan fingerprint density at radius 1 is 1.45 bits per heavy atom. The molecule has 2 rings (SSSR count). The summed E-state index contributed by atoms with van der Waals surface area (Å²) in [5, 5.41) is -0.157. The third-order valence-electron chi connectivity index (χ3n) is 3.30. The molecule has 3 atom stereocenters. The monoisotopic (exact) mass is 376 g/mol. The maximum atomic E-state index is 11.3. The van der Waals surface area contributed by atoms with Crippen molar-refractivity contribution in [3.8, 4) is 0 Å². The lowest BCUT2D eigenvalue weighted by molar-refractivity contribution is 0.523. The highest BCUT2D eigenvalue weighted by Gasteiger charge is 2.19. The van der Waals surface area contributed by atoms with Crippen molar-refractivity contribution in [1.29, 1.82) is 0 Å². The van der Waals surface area contributed by atoms with Gasteiger partial charge in [-0.25, -0.2) is 4.98 Å². The summed E-state index contributed by atoms with van der Waals surface area (Å²) in [6.07, 6.45) is 2.58. The van der Waals surface area contributed by atoms with Gasteiger partial charge in [0.1, 0.15) is 5.82 Å². The number of alkyl halides is 1. The summed E-state index contributed by atoms with van der Waals surface area (Å²) in [5.41, 5.74) is 2.01. The number of nitrogens with zero attached hydrogens (tertiary/aromatic N) is 2. The van der Waals surface area contributed by atoms with E-state index in [1.54, 1.807) is 6.26 Å². The van der Waals surface area contributed by atoms with Crippen LogP contribution in [0.3, 0.4) is 0 Å². The Labute approximate surface area is 135 Å². The van der Waals surface area contributed by atoms with E-state index >= 15 is 0 Å². The van der Waals surface area contributed by atoms with Crippen LogP contribution < -0.4 is 0 Å². The third-order valence-corrected chi connectivity index (χ3v) is 4.80. The van der Waals surface area contributed by atoms with Crippen molar-refractivity contribution in [2.24, 2.45) is 0 Å². The zero-order valence-electron chi connectivity index (χ0n) is 11.8. The third kappa shape index (κ3) is 3.43. The van der Waals surface area contributed by atoms with Crippen molar-refractivity contribution in [3.05, 3.63) is 28.5 Å². The minimum Gasteiger partial charge on any atom is -0.324 e. The van der Waals surface area contributed by atoms with Crippen molar-refractivity contribution in [1.82, 2.24) is 9.55 Å². The van der Waals surface area contributed by atoms with Crippen LogP contribution in [-0.2, 0) is 10.8 Å². The minimum atomic E-state index is -0.779. The first-order valence-electron chi connectivity index (χ1n) is 6.51. The zero-order valence-corrected chi connectivity index (χ0v) is 14.9. The van der Waals surface area contributed by atoms with Crippen LogP contribution in [-0.4, -0.2) is 25.8 Å². The molecule has 110 valence electrons. The highest BCUT2D eigenvalue weighted by molar-refractivity contribution is 9.10. The molecule has 3 unspecified atom stereocenters. The Morgan fingerprint density at radius 3 is 2.75 bits per heavy atom. The molecule has 2 aromatic rings. The normalized spacial score (nSPS) is 16.2. The molecule has 0 aliphatic carbocycles. The maximum absolute atomic E-state index is 11.3. The van der Waals surface area contributed by atoms with Crippen molar-refractivity contribution >= 4 is 49.4 Å². The predicted molar refractivity (Wildman–Crippen MR) is 90.0 cm³/mol. The summed E-state index contributed by atoms with van der Waals surface area (Å²) in [6, 6.07) is 6.25. The first-order valence-corrected chi connectivity index (χ1v) is 9.47. The van der Waals surface area contributed by atoms with E-state index in [1.807, 2.05) is 19.1 Å². The summed E-state index contributed by atoms with van der Waals surface area (Å²) < 4.78 is 14.5. The molecule has 0 aliphatic rings. The first-order chi connectivity index (χ1) is 9.40. The molecular formula is C14H18BrClN2OS. The van der Waals surface area contributed by atoms with Gasteiger partial charge in [0.2, 0.25) is 0 Å². The maximum Gasteiger partial charge on any atom is 0.127 e. The van der Waals surface area contributed by atoms with Gasteiger partial charge < -0.3 is 4.57 Å². The van der Waals surface area contributed by atoms with Crippen LogP contribution >= 0.6 is 27.5 Å². The number of hydrogen-bond donors (Lipinski definition) is 0. The average Bonchev–Trinajstić information content (AvgIpc) is 2.74. The summed E-state index contributed by atoms with van der Waals surface area (Å²) in [6.45, 7) is 4.05. The van der Waals surface area contributed by atoms with Crippen molar-refractivity contribution < 1.29 is 4.21 Å². The van der Waals surface area contributed by atoms with Crippen LogP contribution in [0.4, 0.5) is 0 Å². The van der Waals surface area contributed by atoms with Gasteiger partial charge in [-0.1, -0.05) is 15.9 Å². The van der Waals surface area contributed by atoms with E-state index in [4.69, 9.17) is 11.6 Å². The van der Waals surface area contributed by atoms with E-state index < -0.39 is 10.8 Å². The molecule has 0 fully saturated rings. The second-order valence-corrected chi connectivity index (χ2v) is 8.13. The largest absolute Gasteiger partial charge is 0.324 e. The number of halogens is 2. The molecule has 0 N–H and O–H groups in total. The fourth-order valence-corrected chi connectivity index (χ4v) is 3.47. The molecule has 1 aromatic heterocycles. The molecule has 0 amide bonds. The Kier molecular flexibility index (Phi) is 5.26. The molecule has 0 saturated carbocycles. The van der Waals surface area contributed by atoms with Gasteiger partial charge >= 0.3 is 0 Å². The van der Waals surface area contributed by atoms with Gasteiger partial charge in [-0.15, -0.1) is 11.6 Å². The molecule has 20 heavy (non-hydrogen) atoms. The molecular weight excluding hydrogens is 360 g/mol. The standard InChI is InChI=1S/C14H18BrClN2OS/c1-9(6-7-20(3)19)18-13-8-11(15)4-5-12(13)17-14(18)10(2)16/h4-5,8-10H,6-7H2,1-3H3. The van der Waals surface area contributed by atoms with Gasteiger partial charge in [0.15, 0.2) is 0 Å². The van der Waals surface area contributed by atoms with E-state index in [0.717, 1.165) is 27.8 Å². The Morgan fingerprint density at radius 2 is 2.15 bits per heavy atom. The van der Waals surface area contributed by atoms with Gasteiger partial charge in [-0.05, 0) is 38.5 Å². The van der Waals surface area contributed by atoms with Crippen LogP contribution in [0, 0.1) is 0 Å². The Hall–Kier alpha value is -0.390. The van der Waals surface area contributed by atoms with E-state index in [2.05, 4.69) is 38.5 Å². The SMILES string of the molecule is CC(Cl)c1nc2ccc(Br)cc2n1C(C)CCS(C)=O. The molecule has 0 saturated heterocycles. The van der Waals surface area contributed by atoms with Crippen molar-refractivity contribution in [2.75, 3.05) is 12.0 Å². The van der Waals surface area contributed by atoms with Gasteiger partial charge in [0.25, 0.3) is 0 Å². The minimum absolute atomic E-state index is 0.157. The number of hydrogen-bond acceptors (Lipinski definition) is 2. The van der Waals surface area contributed by atoms with Crippen LogP contribution in [0.15, 0.2) is 22.7 Å². The predicted octanol–water partition coefficient (Wildman–Crippen LogP) is 4.43. The van der Waals surface area contributed by atoms with Gasteiger partial charge in [0, 0.05) is 33.3 Å². The topological polar surface area (TPSA) is 34.9 Å². The van der Waals surface area contributed by atoms with Crippen molar-refractivity contribution in [3.63, 3.8) is 0 Å². The molecule has 6 heteroatoms. The lowest BCUT2D eigenvalue weighted by Gasteiger charge is -2.18. The number of benzene rings is 1. The van der Waals surface area contributed by atoms with Crippen molar-refractivity contribution in [2.45, 2.75) is 31.7 Å². The Balaban J connectivity index is 2.49. The molecule has 0 bridgehead atoms. The molecule has 1 aromatic carbocycles. The molecule has 0 aliphatic heterocycles. The summed E-state index contributed by atoms with van der Waals surface area (Å²) in [7, 11) is -0.779. The molecule has 1 heterocycles. The number of imidazole rings is 1. The highest BCUT2D eigenvalue weighted by Crippen LogP contribution is 2.30. The van der Waals surface area contributed by atoms with E-state index in [0.29, 0.717) is 5.75 Å². The van der Waals surface area contributed by atoms with E-state index in [9.17, 15) is 4.21 Å². The van der Waals surface area contributed by atoms with Gasteiger partial charge in [0.05, 0.1) is 16.4 Å². The van der Waals surface area contributed by atoms with Crippen LogP contribution in [0.1, 0.15) is 37.5 Å². The van der Waals surface area contributed by atoms with E-state index in [-0.39, 0.29) is 11.4 Å². The van der Waals surface area contributed by atoms with Gasteiger partial charge in [-0.2, -0.15) is 0 Å². The first kappa shape index (κ1) is 16.0. The number of fused-ring (bicyclic) bond motifs is 1. The molecule has 3 nitrogen and oxygen atoms in total. The van der Waals surface area contributed by atoms with Gasteiger partial charge in [-0.3, -0.25) is 4.21 Å². The van der Waals surface area contributed by atoms with E-state index in [1.165, 1.54) is 0 Å². The fourth-order valence-electron chi connectivity index (χ4n) is 2.29. The van der Waals surface area contributed by atoms with Crippen LogP contribution in [0.2, 0.25) is 0 Å². The summed E-state index contributed by atoms with van der Waals surface area (Å²) in [5.74, 6) is 1.56. The highest BCUT2D eigenvalue weighted by atomic mass is 79.9. The zero-order chi connectivity index (χ0) is 14.9. The Bertz CT molecular complexity index is 641. The smallest absolute Gasteiger partial charge is 0.127 e. The summed E-state index contributed by atoms with van der Waals surface area (Å²) >= 11 is 9.77. The summed E-state index contributed by atoms with van der Waals surface area (Å²) in [4.78, 5) is 4.64. The quantitative estimate of drug-likeness (QED) is 0.723. The number of rotatable bonds is 5. The molecule has 0 radical (unpaired) electrons. The van der Waals surface area contributed by atoms with Crippen LogP contribution in [0.25, 0.3) is 11.0 Å². The average molecular weight is 378 g/mol. The fraction of sp³-hybridized carbons (Fsp3) is 0.500.